The fourth-order valence-electron chi connectivity index (χ4n) is 3.88. The monoisotopic (exact) mass is 329 g/mol. The van der Waals surface area contributed by atoms with Gasteiger partial charge in [-0.3, -0.25) is 14.5 Å². The molecule has 1 aromatic rings. The van der Waals surface area contributed by atoms with Gasteiger partial charge in [-0.1, -0.05) is 12.1 Å². The van der Waals surface area contributed by atoms with Crippen LogP contribution in [0.5, 0.6) is 0 Å². The summed E-state index contributed by atoms with van der Waals surface area (Å²) in [6.45, 7) is 3.91. The average molecular weight is 329 g/mol. The van der Waals surface area contributed by atoms with Gasteiger partial charge in [0.1, 0.15) is 0 Å². The molecule has 2 fully saturated rings. The summed E-state index contributed by atoms with van der Waals surface area (Å²) in [5.74, 6) is -0.299. The smallest absolute Gasteiger partial charge is 0.254 e. The van der Waals surface area contributed by atoms with Crippen molar-refractivity contribution < 1.29 is 9.59 Å². The van der Waals surface area contributed by atoms with Gasteiger partial charge in [-0.05, 0) is 62.9 Å². The van der Waals surface area contributed by atoms with Crippen LogP contribution < -0.4 is 5.73 Å². The third kappa shape index (κ3) is 4.15. The zero-order chi connectivity index (χ0) is 16.9. The molecule has 0 saturated carbocycles. The lowest BCUT2D eigenvalue weighted by Crippen LogP contribution is -2.45. The molecule has 2 saturated heterocycles. The van der Waals surface area contributed by atoms with Gasteiger partial charge < -0.3 is 10.6 Å². The number of primary amides is 1. The van der Waals surface area contributed by atoms with Crippen molar-refractivity contribution >= 4 is 11.8 Å². The Kier molecular flexibility index (Phi) is 5.51. The van der Waals surface area contributed by atoms with Gasteiger partial charge in [0.25, 0.3) is 5.91 Å². The Hall–Kier alpha value is -1.88. The van der Waals surface area contributed by atoms with E-state index in [4.69, 9.17) is 5.73 Å². The van der Waals surface area contributed by atoms with E-state index in [1.807, 2.05) is 23.1 Å². The third-order valence-corrected chi connectivity index (χ3v) is 5.10. The van der Waals surface area contributed by atoms with Crippen molar-refractivity contribution in [2.45, 2.75) is 51.1 Å². The molecule has 0 spiro atoms. The topological polar surface area (TPSA) is 66.6 Å². The fourth-order valence-corrected chi connectivity index (χ4v) is 3.88. The minimum Gasteiger partial charge on any atom is -0.370 e. The zero-order valence-corrected chi connectivity index (χ0v) is 14.2. The van der Waals surface area contributed by atoms with Crippen LogP contribution >= 0.6 is 0 Å². The van der Waals surface area contributed by atoms with Crippen molar-refractivity contribution in [1.29, 1.82) is 0 Å². The lowest BCUT2D eigenvalue weighted by atomic mass is 9.97. The van der Waals surface area contributed by atoms with Crippen LogP contribution in [0.15, 0.2) is 24.3 Å². The van der Waals surface area contributed by atoms with Crippen LogP contribution in [0.4, 0.5) is 0 Å². The van der Waals surface area contributed by atoms with E-state index in [-0.39, 0.29) is 24.3 Å². The summed E-state index contributed by atoms with van der Waals surface area (Å²) in [6.07, 6.45) is 5.70. The van der Waals surface area contributed by atoms with Crippen LogP contribution in [0, 0.1) is 0 Å². The fraction of sp³-hybridized carbons (Fsp3) is 0.579. The van der Waals surface area contributed by atoms with Gasteiger partial charge in [0.05, 0.1) is 0 Å². The molecule has 130 valence electrons. The van der Waals surface area contributed by atoms with E-state index in [9.17, 15) is 9.59 Å². The molecule has 0 aliphatic carbocycles. The first-order valence-corrected chi connectivity index (χ1v) is 9.04. The van der Waals surface area contributed by atoms with E-state index in [0.717, 1.165) is 44.5 Å². The summed E-state index contributed by atoms with van der Waals surface area (Å²) in [5.41, 5.74) is 7.27. The molecule has 0 aromatic heterocycles. The predicted octanol–water partition coefficient (Wildman–Crippen LogP) is 2.15. The number of nitrogens with two attached hydrogens (primary N) is 1. The number of benzene rings is 1. The number of carbonyl (C=O) groups excluding carboxylic acids is 2. The van der Waals surface area contributed by atoms with Crippen LogP contribution in [-0.4, -0.2) is 47.3 Å². The number of piperidine rings is 1. The number of likely N-dealkylation sites (tertiary alicyclic amines) is 2. The van der Waals surface area contributed by atoms with Gasteiger partial charge >= 0.3 is 0 Å². The van der Waals surface area contributed by atoms with Crippen molar-refractivity contribution in [2.75, 3.05) is 19.6 Å². The lowest BCUT2D eigenvalue weighted by molar-refractivity contribution is -0.119. The molecule has 2 aliphatic heterocycles. The van der Waals surface area contributed by atoms with E-state index >= 15 is 0 Å². The van der Waals surface area contributed by atoms with E-state index in [0.29, 0.717) is 6.54 Å². The summed E-state index contributed by atoms with van der Waals surface area (Å²) in [5, 5.41) is 0. The number of amides is 2. The molecule has 2 N–H and O–H groups in total. The number of nitrogens with zero attached hydrogens (tertiary/aromatic N) is 2. The third-order valence-electron chi connectivity index (χ3n) is 5.10. The number of carbonyl (C=O) groups is 2. The highest BCUT2D eigenvalue weighted by molar-refractivity contribution is 5.95. The first-order chi connectivity index (χ1) is 11.6. The Morgan fingerprint density at radius 2 is 1.83 bits per heavy atom. The average Bonchev–Trinajstić information content (AvgIpc) is 3.07. The Balaban J connectivity index is 1.71. The standard InChI is InChI=1S/C19H27N3O2/c20-18(23)13-17-8-1-2-11-22(17)19(24)16-7-5-6-15(12-16)14-21-9-3-4-10-21/h5-7,12,17H,1-4,8-11,13-14H2,(H2,20,23). The summed E-state index contributed by atoms with van der Waals surface area (Å²) >= 11 is 0. The van der Waals surface area contributed by atoms with Crippen molar-refractivity contribution in [1.82, 2.24) is 9.80 Å². The Morgan fingerprint density at radius 1 is 1.08 bits per heavy atom. The van der Waals surface area contributed by atoms with Gasteiger partial charge in [0, 0.05) is 31.1 Å². The first-order valence-electron chi connectivity index (χ1n) is 9.04. The number of hydrogen-bond acceptors (Lipinski definition) is 3. The molecule has 1 atom stereocenters. The Labute approximate surface area is 143 Å². The van der Waals surface area contributed by atoms with E-state index < -0.39 is 0 Å². The molecule has 5 nitrogen and oxygen atoms in total. The van der Waals surface area contributed by atoms with Crippen molar-refractivity contribution in [2.24, 2.45) is 5.73 Å². The Morgan fingerprint density at radius 3 is 2.58 bits per heavy atom. The summed E-state index contributed by atoms with van der Waals surface area (Å²) in [4.78, 5) is 28.5. The van der Waals surface area contributed by atoms with Crippen LogP contribution in [0.3, 0.4) is 0 Å². The molecule has 2 amide bonds. The van der Waals surface area contributed by atoms with Crippen LogP contribution in [-0.2, 0) is 11.3 Å². The molecule has 0 bridgehead atoms. The molecule has 5 heteroatoms. The molecule has 1 aromatic carbocycles. The van der Waals surface area contributed by atoms with Crippen LogP contribution in [0.25, 0.3) is 0 Å². The molecule has 0 radical (unpaired) electrons. The maximum Gasteiger partial charge on any atom is 0.254 e. The van der Waals surface area contributed by atoms with Gasteiger partial charge in [-0.2, -0.15) is 0 Å². The summed E-state index contributed by atoms with van der Waals surface area (Å²) in [7, 11) is 0. The minimum atomic E-state index is -0.331. The molecule has 2 heterocycles. The first kappa shape index (κ1) is 17.0. The van der Waals surface area contributed by atoms with Crippen molar-refractivity contribution in [3.63, 3.8) is 0 Å². The Bertz CT molecular complexity index is 596. The van der Waals surface area contributed by atoms with Crippen LogP contribution in [0.2, 0.25) is 0 Å². The largest absolute Gasteiger partial charge is 0.370 e. The van der Waals surface area contributed by atoms with Gasteiger partial charge in [0.15, 0.2) is 0 Å². The quantitative estimate of drug-likeness (QED) is 0.900. The molecular formula is C19H27N3O2. The maximum absolute atomic E-state index is 12.9. The van der Waals surface area contributed by atoms with E-state index in [1.54, 1.807) is 0 Å². The SMILES string of the molecule is NC(=O)CC1CCCCN1C(=O)c1cccc(CN2CCCC2)c1. The highest BCUT2D eigenvalue weighted by Gasteiger charge is 2.28. The van der Waals surface area contributed by atoms with Crippen molar-refractivity contribution in [3.05, 3.63) is 35.4 Å². The highest BCUT2D eigenvalue weighted by Crippen LogP contribution is 2.23. The lowest BCUT2D eigenvalue weighted by Gasteiger charge is -2.35. The minimum absolute atomic E-state index is 0.0317. The number of rotatable bonds is 5. The molecule has 1 unspecified atom stereocenters. The van der Waals surface area contributed by atoms with Gasteiger partial charge in [-0.15, -0.1) is 0 Å². The second kappa shape index (κ2) is 7.79. The molecule has 2 aliphatic rings. The molecular weight excluding hydrogens is 302 g/mol. The van der Waals surface area contributed by atoms with E-state index in [2.05, 4.69) is 11.0 Å². The second-order valence-corrected chi connectivity index (χ2v) is 7.00. The molecule has 24 heavy (non-hydrogen) atoms. The predicted molar refractivity (Wildman–Crippen MR) is 93.4 cm³/mol. The van der Waals surface area contributed by atoms with Gasteiger partial charge in [0.2, 0.25) is 5.91 Å². The van der Waals surface area contributed by atoms with E-state index in [1.165, 1.54) is 18.4 Å². The second-order valence-electron chi connectivity index (χ2n) is 7.00. The maximum atomic E-state index is 12.9. The van der Waals surface area contributed by atoms with Crippen LogP contribution in [0.1, 0.15) is 54.4 Å². The zero-order valence-electron chi connectivity index (χ0n) is 14.2. The van der Waals surface area contributed by atoms with Gasteiger partial charge in [-0.25, -0.2) is 0 Å². The van der Waals surface area contributed by atoms with Crippen molar-refractivity contribution in [3.8, 4) is 0 Å². The number of hydrogen-bond donors (Lipinski definition) is 1. The normalized spacial score (nSPS) is 21.8. The summed E-state index contributed by atoms with van der Waals surface area (Å²) in [6, 6.07) is 7.89. The highest BCUT2D eigenvalue weighted by atomic mass is 16.2. The summed E-state index contributed by atoms with van der Waals surface area (Å²) < 4.78 is 0. The molecule has 3 rings (SSSR count).